The summed E-state index contributed by atoms with van der Waals surface area (Å²) in [6, 6.07) is 2.12. The standard InChI is InChI=1S/C11H20NO2PS2/c1-3-6-11-10(4-2)9-13-15(16,14-11)17-8-5-7-12/h10-11H,3-6,8-9H2,1-2H3. The Morgan fingerprint density at radius 1 is 1.53 bits per heavy atom. The van der Waals surface area contributed by atoms with Crippen LogP contribution in [0.25, 0.3) is 0 Å². The molecule has 6 heteroatoms. The molecule has 3 atom stereocenters. The topological polar surface area (TPSA) is 42.2 Å². The van der Waals surface area contributed by atoms with E-state index in [1.54, 1.807) is 0 Å². The Bertz CT molecular complexity index is 319. The van der Waals surface area contributed by atoms with Gasteiger partial charge in [-0.3, -0.25) is 0 Å². The Balaban J connectivity index is 2.54. The zero-order chi connectivity index (χ0) is 12.7. The van der Waals surface area contributed by atoms with Crippen molar-refractivity contribution >= 4 is 28.9 Å². The molecule has 0 aromatic heterocycles. The predicted molar refractivity (Wildman–Crippen MR) is 76.5 cm³/mol. The molecule has 3 nitrogen and oxygen atoms in total. The van der Waals surface area contributed by atoms with Gasteiger partial charge in [-0.1, -0.05) is 31.7 Å². The molecule has 0 aromatic rings. The minimum Gasteiger partial charge on any atom is -0.321 e. The number of hydrogen-bond donors (Lipinski definition) is 0. The molecule has 0 N–H and O–H groups in total. The summed E-state index contributed by atoms with van der Waals surface area (Å²) < 4.78 is 11.8. The van der Waals surface area contributed by atoms with Crippen molar-refractivity contribution in [3.8, 4) is 6.07 Å². The van der Waals surface area contributed by atoms with E-state index in [9.17, 15) is 0 Å². The largest absolute Gasteiger partial charge is 0.321 e. The molecule has 98 valence electrons. The Labute approximate surface area is 113 Å². The molecular weight excluding hydrogens is 273 g/mol. The molecular formula is C11H20NO2PS2. The second kappa shape index (κ2) is 7.76. The first-order valence-corrected chi connectivity index (χ1v) is 10.3. The van der Waals surface area contributed by atoms with Crippen LogP contribution >= 0.6 is 17.1 Å². The molecule has 3 unspecified atom stereocenters. The molecule has 1 saturated heterocycles. The number of hydrogen-bond acceptors (Lipinski definition) is 5. The zero-order valence-corrected chi connectivity index (χ0v) is 13.0. The van der Waals surface area contributed by atoms with Crippen LogP contribution < -0.4 is 0 Å². The lowest BCUT2D eigenvalue weighted by molar-refractivity contribution is 0.0442. The van der Waals surface area contributed by atoms with Crippen LogP contribution in [0.2, 0.25) is 0 Å². The smallest absolute Gasteiger partial charge is 0.247 e. The van der Waals surface area contributed by atoms with Crippen LogP contribution in [0.3, 0.4) is 0 Å². The highest BCUT2D eigenvalue weighted by atomic mass is 32.9. The van der Waals surface area contributed by atoms with Crippen LogP contribution in [0, 0.1) is 17.2 Å². The third kappa shape index (κ3) is 4.89. The molecule has 1 fully saturated rings. The van der Waals surface area contributed by atoms with Crippen LogP contribution in [0.4, 0.5) is 0 Å². The van der Waals surface area contributed by atoms with E-state index in [-0.39, 0.29) is 6.10 Å². The van der Waals surface area contributed by atoms with Gasteiger partial charge in [0.05, 0.1) is 18.8 Å². The van der Waals surface area contributed by atoms with Gasteiger partial charge in [-0.25, -0.2) is 0 Å². The number of nitriles is 1. The van der Waals surface area contributed by atoms with Gasteiger partial charge in [0.2, 0.25) is 5.69 Å². The molecule has 1 rings (SSSR count). The van der Waals surface area contributed by atoms with Crippen molar-refractivity contribution in [3.05, 3.63) is 0 Å². The second-order valence-corrected chi connectivity index (χ2v) is 10.5. The molecule has 0 saturated carbocycles. The Hall–Kier alpha value is 0.410. The van der Waals surface area contributed by atoms with E-state index in [2.05, 4.69) is 19.9 Å². The van der Waals surface area contributed by atoms with Crippen molar-refractivity contribution < 1.29 is 9.05 Å². The minimum absolute atomic E-state index is 0.249. The lowest BCUT2D eigenvalue weighted by Gasteiger charge is -2.37. The molecule has 17 heavy (non-hydrogen) atoms. The molecule has 0 radical (unpaired) electrons. The van der Waals surface area contributed by atoms with Crippen molar-refractivity contribution in [2.45, 2.75) is 45.6 Å². The maximum absolute atomic E-state index is 8.53. The first kappa shape index (κ1) is 15.5. The zero-order valence-electron chi connectivity index (χ0n) is 10.4. The van der Waals surface area contributed by atoms with Gasteiger partial charge in [0.15, 0.2) is 0 Å². The van der Waals surface area contributed by atoms with Crippen molar-refractivity contribution in [1.82, 2.24) is 0 Å². The highest BCUT2D eigenvalue weighted by Gasteiger charge is 2.35. The van der Waals surface area contributed by atoms with E-state index in [1.165, 1.54) is 11.4 Å². The fourth-order valence-electron chi connectivity index (χ4n) is 1.80. The predicted octanol–water partition coefficient (Wildman–Crippen LogP) is 4.10. The van der Waals surface area contributed by atoms with Gasteiger partial charge in [-0.05, 0) is 24.6 Å². The van der Waals surface area contributed by atoms with Gasteiger partial charge in [0.1, 0.15) is 0 Å². The van der Waals surface area contributed by atoms with E-state index >= 15 is 0 Å². The first-order valence-electron chi connectivity index (χ1n) is 6.09. The maximum Gasteiger partial charge on any atom is 0.247 e. The average Bonchev–Trinajstić information content (AvgIpc) is 2.30. The summed E-state index contributed by atoms with van der Waals surface area (Å²) in [6.45, 7) is 5.05. The molecule has 0 bridgehead atoms. The molecule has 0 aromatic carbocycles. The van der Waals surface area contributed by atoms with Crippen molar-refractivity contribution in [2.24, 2.45) is 5.92 Å². The number of rotatable bonds is 6. The van der Waals surface area contributed by atoms with Gasteiger partial charge in [-0.2, -0.15) is 5.26 Å². The summed E-state index contributed by atoms with van der Waals surface area (Å²) in [5.41, 5.74) is -2.18. The van der Waals surface area contributed by atoms with Crippen molar-refractivity contribution in [1.29, 1.82) is 5.26 Å². The Morgan fingerprint density at radius 2 is 2.29 bits per heavy atom. The third-order valence-corrected chi connectivity index (χ3v) is 8.09. The second-order valence-electron chi connectivity index (χ2n) is 4.09. The summed E-state index contributed by atoms with van der Waals surface area (Å²) in [6.07, 6.45) is 3.99. The fraction of sp³-hybridized carbons (Fsp3) is 0.909. The third-order valence-electron chi connectivity index (χ3n) is 2.80. The Morgan fingerprint density at radius 3 is 2.88 bits per heavy atom. The number of nitrogens with zero attached hydrogens (tertiary/aromatic N) is 1. The summed E-state index contributed by atoms with van der Waals surface area (Å²) in [7, 11) is 0. The van der Waals surface area contributed by atoms with Gasteiger partial charge in [0.25, 0.3) is 0 Å². The first-order chi connectivity index (χ1) is 8.15. The van der Waals surface area contributed by atoms with Gasteiger partial charge in [0, 0.05) is 18.1 Å². The highest BCUT2D eigenvalue weighted by Crippen LogP contribution is 2.65. The fourth-order valence-corrected chi connectivity index (χ4v) is 6.44. The van der Waals surface area contributed by atoms with Gasteiger partial charge in [-0.15, -0.1) is 0 Å². The lowest BCUT2D eigenvalue weighted by Crippen LogP contribution is -2.30. The van der Waals surface area contributed by atoms with E-state index in [4.69, 9.17) is 26.1 Å². The maximum atomic E-state index is 8.53. The molecule has 1 heterocycles. The van der Waals surface area contributed by atoms with Crippen LogP contribution in [-0.2, 0) is 20.9 Å². The average molecular weight is 293 g/mol. The van der Waals surface area contributed by atoms with Crippen LogP contribution in [0.1, 0.15) is 39.5 Å². The minimum atomic E-state index is -2.18. The van der Waals surface area contributed by atoms with E-state index < -0.39 is 5.69 Å². The molecule has 1 aliphatic rings. The lowest BCUT2D eigenvalue weighted by atomic mass is 9.97. The normalized spacial score (nSPS) is 33.2. The van der Waals surface area contributed by atoms with E-state index in [0.717, 1.165) is 25.9 Å². The SMILES string of the molecule is CCCC1OP(=S)(SCCC#N)OCC1CC. The van der Waals surface area contributed by atoms with E-state index in [0.29, 0.717) is 18.1 Å². The van der Waals surface area contributed by atoms with Crippen molar-refractivity contribution in [3.63, 3.8) is 0 Å². The highest BCUT2D eigenvalue weighted by molar-refractivity contribution is 8.67. The monoisotopic (exact) mass is 293 g/mol. The van der Waals surface area contributed by atoms with Crippen LogP contribution in [0.5, 0.6) is 0 Å². The molecule has 0 spiro atoms. The Kier molecular flexibility index (Phi) is 7.06. The van der Waals surface area contributed by atoms with E-state index in [1.807, 2.05) is 0 Å². The summed E-state index contributed by atoms with van der Waals surface area (Å²) in [5.74, 6) is 1.19. The van der Waals surface area contributed by atoms with Gasteiger partial charge >= 0.3 is 0 Å². The van der Waals surface area contributed by atoms with Crippen molar-refractivity contribution in [2.75, 3.05) is 12.4 Å². The quantitative estimate of drug-likeness (QED) is 0.545. The summed E-state index contributed by atoms with van der Waals surface area (Å²) in [5, 5.41) is 8.53. The molecule has 1 aliphatic heterocycles. The van der Waals surface area contributed by atoms with Crippen LogP contribution in [0.15, 0.2) is 0 Å². The summed E-state index contributed by atoms with van der Waals surface area (Å²) in [4.78, 5) is 0. The van der Waals surface area contributed by atoms with Crippen LogP contribution in [-0.4, -0.2) is 18.5 Å². The molecule has 0 aliphatic carbocycles. The summed E-state index contributed by atoms with van der Waals surface area (Å²) >= 11 is 7.00. The van der Waals surface area contributed by atoms with Gasteiger partial charge < -0.3 is 9.05 Å². The molecule has 0 amide bonds.